The molecule has 23 heavy (non-hydrogen) atoms. The van der Waals surface area contributed by atoms with Gasteiger partial charge in [0.05, 0.1) is 23.5 Å². The van der Waals surface area contributed by atoms with E-state index < -0.39 is 0 Å². The van der Waals surface area contributed by atoms with E-state index in [1.807, 2.05) is 0 Å². The van der Waals surface area contributed by atoms with Crippen LogP contribution in [0.25, 0.3) is 5.69 Å². The molecular formula is C14H12ClN5O2S. The SMILES string of the molecule is COc1ccc(-n2nnc(C(=O)Nc3nccs3)c2C)cc1Cl. The molecule has 7 nitrogen and oxygen atoms in total. The Balaban J connectivity index is 1.90. The first-order chi connectivity index (χ1) is 11.1. The molecule has 0 aliphatic carbocycles. The minimum absolute atomic E-state index is 0.229. The summed E-state index contributed by atoms with van der Waals surface area (Å²) in [4.78, 5) is 16.2. The zero-order valence-corrected chi connectivity index (χ0v) is 13.9. The summed E-state index contributed by atoms with van der Waals surface area (Å²) in [6, 6.07) is 5.22. The van der Waals surface area contributed by atoms with Gasteiger partial charge in [0.1, 0.15) is 5.75 Å². The number of amides is 1. The van der Waals surface area contributed by atoms with Gasteiger partial charge in [0.25, 0.3) is 5.91 Å². The van der Waals surface area contributed by atoms with Gasteiger partial charge in [0, 0.05) is 11.6 Å². The molecule has 0 unspecified atom stereocenters. The number of methoxy groups -OCH3 is 1. The first-order valence-corrected chi connectivity index (χ1v) is 7.83. The number of anilines is 1. The number of rotatable bonds is 4. The number of hydrogen-bond acceptors (Lipinski definition) is 6. The number of hydrogen-bond donors (Lipinski definition) is 1. The maximum absolute atomic E-state index is 12.2. The van der Waals surface area contributed by atoms with E-state index in [2.05, 4.69) is 20.6 Å². The first kappa shape index (κ1) is 15.4. The van der Waals surface area contributed by atoms with Crippen LogP contribution in [0.2, 0.25) is 5.02 Å². The average molecular weight is 350 g/mol. The fraction of sp³-hybridized carbons (Fsp3) is 0.143. The Labute approximate surface area is 140 Å². The van der Waals surface area contributed by atoms with Crippen LogP contribution in [0.3, 0.4) is 0 Å². The van der Waals surface area contributed by atoms with Gasteiger partial charge in [-0.2, -0.15) is 0 Å². The molecule has 3 aromatic rings. The predicted molar refractivity (Wildman–Crippen MR) is 87.7 cm³/mol. The summed E-state index contributed by atoms with van der Waals surface area (Å²) in [6.07, 6.45) is 1.61. The molecule has 0 atom stereocenters. The molecule has 0 aliphatic heterocycles. The lowest BCUT2D eigenvalue weighted by molar-refractivity contribution is 0.102. The van der Waals surface area contributed by atoms with Crippen molar-refractivity contribution in [2.45, 2.75) is 6.92 Å². The molecular weight excluding hydrogens is 338 g/mol. The highest BCUT2D eigenvalue weighted by atomic mass is 35.5. The standard InChI is InChI=1S/C14H12ClN5O2S/c1-8-12(13(21)17-14-16-5-6-23-14)18-19-20(8)9-3-4-11(22-2)10(15)7-9/h3-7H,1-2H3,(H,16,17,21). The minimum atomic E-state index is -0.358. The van der Waals surface area contributed by atoms with Gasteiger partial charge in [-0.3, -0.25) is 10.1 Å². The van der Waals surface area contributed by atoms with Crippen LogP contribution in [0, 0.1) is 6.92 Å². The lowest BCUT2D eigenvalue weighted by atomic mass is 10.2. The van der Waals surface area contributed by atoms with Gasteiger partial charge in [-0.05, 0) is 25.1 Å². The molecule has 2 aromatic heterocycles. The third-order valence-electron chi connectivity index (χ3n) is 3.14. The van der Waals surface area contributed by atoms with Crippen LogP contribution in [0.1, 0.15) is 16.2 Å². The molecule has 3 rings (SSSR count). The van der Waals surface area contributed by atoms with Gasteiger partial charge in [0.2, 0.25) is 0 Å². The Kier molecular flexibility index (Phi) is 4.26. The smallest absolute Gasteiger partial charge is 0.279 e. The number of halogens is 1. The summed E-state index contributed by atoms with van der Waals surface area (Å²) in [7, 11) is 1.54. The molecule has 1 N–H and O–H groups in total. The maximum Gasteiger partial charge on any atom is 0.279 e. The van der Waals surface area contributed by atoms with Crippen molar-refractivity contribution in [3.63, 3.8) is 0 Å². The van der Waals surface area contributed by atoms with E-state index >= 15 is 0 Å². The third kappa shape index (κ3) is 3.03. The Bertz CT molecular complexity index is 847. The average Bonchev–Trinajstić information content (AvgIpc) is 3.16. The van der Waals surface area contributed by atoms with E-state index in [-0.39, 0.29) is 11.6 Å². The summed E-state index contributed by atoms with van der Waals surface area (Å²) in [5.74, 6) is 0.207. The minimum Gasteiger partial charge on any atom is -0.495 e. The molecule has 0 bridgehead atoms. The first-order valence-electron chi connectivity index (χ1n) is 6.57. The van der Waals surface area contributed by atoms with E-state index in [1.165, 1.54) is 11.3 Å². The summed E-state index contributed by atoms with van der Waals surface area (Å²) >= 11 is 7.45. The second kappa shape index (κ2) is 6.35. The van der Waals surface area contributed by atoms with Crippen LogP contribution in [-0.4, -0.2) is 33.0 Å². The zero-order valence-electron chi connectivity index (χ0n) is 12.3. The quantitative estimate of drug-likeness (QED) is 0.783. The number of aromatic nitrogens is 4. The molecule has 0 radical (unpaired) electrons. The maximum atomic E-state index is 12.2. The number of thiazole rings is 1. The highest BCUT2D eigenvalue weighted by Gasteiger charge is 2.18. The van der Waals surface area contributed by atoms with Crippen LogP contribution in [-0.2, 0) is 0 Å². The molecule has 0 spiro atoms. The van der Waals surface area contributed by atoms with E-state index in [4.69, 9.17) is 16.3 Å². The van der Waals surface area contributed by atoms with Crippen molar-refractivity contribution in [1.82, 2.24) is 20.0 Å². The molecule has 0 aliphatic rings. The van der Waals surface area contributed by atoms with Crippen molar-refractivity contribution < 1.29 is 9.53 Å². The number of carbonyl (C=O) groups is 1. The van der Waals surface area contributed by atoms with Crippen molar-refractivity contribution >= 4 is 34.0 Å². The van der Waals surface area contributed by atoms with Gasteiger partial charge >= 0.3 is 0 Å². The monoisotopic (exact) mass is 349 g/mol. The van der Waals surface area contributed by atoms with E-state index in [1.54, 1.807) is 48.5 Å². The van der Waals surface area contributed by atoms with Crippen molar-refractivity contribution in [3.8, 4) is 11.4 Å². The van der Waals surface area contributed by atoms with E-state index in [9.17, 15) is 4.79 Å². The van der Waals surface area contributed by atoms with Crippen LogP contribution >= 0.6 is 22.9 Å². The van der Waals surface area contributed by atoms with Crippen LogP contribution in [0.4, 0.5) is 5.13 Å². The fourth-order valence-electron chi connectivity index (χ4n) is 2.01. The Hall–Kier alpha value is -2.45. The van der Waals surface area contributed by atoms with Gasteiger partial charge in [-0.1, -0.05) is 16.8 Å². The van der Waals surface area contributed by atoms with Crippen LogP contribution in [0.5, 0.6) is 5.75 Å². The lowest BCUT2D eigenvalue weighted by Crippen LogP contribution is -2.14. The Morgan fingerprint density at radius 3 is 2.91 bits per heavy atom. The van der Waals surface area contributed by atoms with E-state index in [0.29, 0.717) is 27.3 Å². The molecule has 9 heteroatoms. The van der Waals surface area contributed by atoms with Crippen LogP contribution in [0.15, 0.2) is 29.8 Å². The molecule has 1 aromatic carbocycles. The molecule has 1 amide bonds. The van der Waals surface area contributed by atoms with Crippen molar-refractivity contribution in [2.75, 3.05) is 12.4 Å². The number of nitrogens with one attached hydrogen (secondary N) is 1. The second-order valence-electron chi connectivity index (χ2n) is 4.55. The number of nitrogens with zero attached hydrogens (tertiary/aromatic N) is 4. The normalized spacial score (nSPS) is 10.6. The lowest BCUT2D eigenvalue weighted by Gasteiger charge is -2.07. The highest BCUT2D eigenvalue weighted by Crippen LogP contribution is 2.27. The fourth-order valence-corrected chi connectivity index (χ4v) is 2.79. The number of benzene rings is 1. The molecule has 2 heterocycles. The molecule has 0 saturated carbocycles. The predicted octanol–water partition coefficient (Wildman–Crippen LogP) is 2.95. The number of ether oxygens (including phenoxy) is 1. The molecule has 118 valence electrons. The van der Waals surface area contributed by atoms with Crippen LogP contribution < -0.4 is 10.1 Å². The zero-order chi connectivity index (χ0) is 16.4. The van der Waals surface area contributed by atoms with Crippen molar-refractivity contribution in [2.24, 2.45) is 0 Å². The Morgan fingerprint density at radius 1 is 1.43 bits per heavy atom. The summed E-state index contributed by atoms with van der Waals surface area (Å²) in [6.45, 7) is 1.76. The summed E-state index contributed by atoms with van der Waals surface area (Å²) in [5.41, 5.74) is 1.52. The van der Waals surface area contributed by atoms with E-state index in [0.717, 1.165) is 0 Å². The van der Waals surface area contributed by atoms with Gasteiger partial charge in [-0.15, -0.1) is 16.4 Å². The van der Waals surface area contributed by atoms with Gasteiger partial charge in [0.15, 0.2) is 10.8 Å². The largest absolute Gasteiger partial charge is 0.495 e. The second-order valence-corrected chi connectivity index (χ2v) is 5.85. The van der Waals surface area contributed by atoms with Crippen molar-refractivity contribution in [1.29, 1.82) is 0 Å². The Morgan fingerprint density at radius 2 is 2.26 bits per heavy atom. The van der Waals surface area contributed by atoms with Gasteiger partial charge in [-0.25, -0.2) is 9.67 Å². The van der Waals surface area contributed by atoms with Gasteiger partial charge < -0.3 is 4.74 Å². The summed E-state index contributed by atoms with van der Waals surface area (Å²) < 4.78 is 6.66. The number of carbonyl (C=O) groups excluding carboxylic acids is 1. The van der Waals surface area contributed by atoms with Crippen molar-refractivity contribution in [3.05, 3.63) is 46.2 Å². The summed E-state index contributed by atoms with van der Waals surface area (Å²) in [5, 5.41) is 13.4. The molecule has 0 saturated heterocycles. The topological polar surface area (TPSA) is 81.9 Å². The molecule has 0 fully saturated rings. The highest BCUT2D eigenvalue weighted by molar-refractivity contribution is 7.13. The third-order valence-corrected chi connectivity index (χ3v) is 4.13.